The molecule has 0 aliphatic carbocycles. The smallest absolute Gasteiger partial charge is 0.247 e. The van der Waals surface area contributed by atoms with Crippen LogP contribution in [0.1, 0.15) is 36.4 Å². The van der Waals surface area contributed by atoms with Gasteiger partial charge in [0.2, 0.25) is 5.91 Å². The summed E-state index contributed by atoms with van der Waals surface area (Å²) >= 11 is 0. The largest absolute Gasteiger partial charge is 0.490 e. The number of amides is 1. The van der Waals surface area contributed by atoms with Crippen LogP contribution in [-0.4, -0.2) is 40.3 Å². The van der Waals surface area contributed by atoms with Crippen LogP contribution in [0, 0.1) is 0 Å². The van der Waals surface area contributed by atoms with E-state index in [9.17, 15) is 4.79 Å². The van der Waals surface area contributed by atoms with Gasteiger partial charge < -0.3 is 14.4 Å². The molecular weight excluding hydrogens is 390 g/mol. The number of para-hydroxylation sites is 1. The molecule has 1 aromatic heterocycles. The second-order valence-electron chi connectivity index (χ2n) is 7.83. The molecular formula is C25H25N3O3. The zero-order valence-corrected chi connectivity index (χ0v) is 17.3. The fourth-order valence-corrected chi connectivity index (χ4v) is 4.17. The van der Waals surface area contributed by atoms with Crippen molar-refractivity contribution in [2.45, 2.75) is 25.3 Å². The van der Waals surface area contributed by atoms with Crippen LogP contribution in [0.5, 0.6) is 11.5 Å². The molecule has 1 unspecified atom stereocenters. The Morgan fingerprint density at radius 1 is 1.03 bits per heavy atom. The molecule has 158 valence electrons. The van der Waals surface area contributed by atoms with Gasteiger partial charge in [-0.15, -0.1) is 0 Å². The van der Waals surface area contributed by atoms with E-state index in [4.69, 9.17) is 9.47 Å². The molecule has 2 aromatic carbocycles. The molecule has 2 aliphatic heterocycles. The number of fused-ring (bicyclic) bond motifs is 1. The van der Waals surface area contributed by atoms with Gasteiger partial charge in [0.15, 0.2) is 11.5 Å². The summed E-state index contributed by atoms with van der Waals surface area (Å²) in [5.74, 6) is 1.58. The van der Waals surface area contributed by atoms with Crippen molar-refractivity contribution < 1.29 is 14.3 Å². The lowest BCUT2D eigenvalue weighted by atomic mass is 10.0. The Morgan fingerprint density at radius 2 is 1.87 bits per heavy atom. The van der Waals surface area contributed by atoms with Crippen molar-refractivity contribution in [3.63, 3.8) is 0 Å². The van der Waals surface area contributed by atoms with Crippen LogP contribution >= 0.6 is 0 Å². The first-order valence-corrected chi connectivity index (χ1v) is 10.8. The summed E-state index contributed by atoms with van der Waals surface area (Å²) in [6, 6.07) is 16.0. The molecule has 0 saturated carbocycles. The number of benzene rings is 2. The second-order valence-corrected chi connectivity index (χ2v) is 7.83. The topological polar surface area (TPSA) is 56.6 Å². The average Bonchev–Trinajstić information content (AvgIpc) is 3.43. The number of carbonyl (C=O) groups excluding carboxylic acids is 1. The van der Waals surface area contributed by atoms with Crippen molar-refractivity contribution in [1.29, 1.82) is 0 Å². The zero-order chi connectivity index (χ0) is 21.0. The Morgan fingerprint density at radius 3 is 2.74 bits per heavy atom. The fourth-order valence-electron chi connectivity index (χ4n) is 4.17. The summed E-state index contributed by atoms with van der Waals surface area (Å²) in [5.41, 5.74) is 2.98. The van der Waals surface area contributed by atoms with Crippen molar-refractivity contribution in [2.24, 2.45) is 0 Å². The number of aromatic nitrogens is 2. The zero-order valence-electron chi connectivity index (χ0n) is 17.3. The van der Waals surface area contributed by atoms with E-state index in [1.165, 1.54) is 0 Å². The van der Waals surface area contributed by atoms with Gasteiger partial charge in [0, 0.05) is 30.8 Å². The first-order valence-electron chi connectivity index (χ1n) is 10.8. The predicted molar refractivity (Wildman–Crippen MR) is 118 cm³/mol. The highest BCUT2D eigenvalue weighted by Crippen LogP contribution is 2.38. The molecule has 6 heteroatoms. The minimum absolute atomic E-state index is 0.0158. The summed E-state index contributed by atoms with van der Waals surface area (Å²) in [4.78, 5) is 14.9. The first-order chi connectivity index (χ1) is 15.3. The van der Waals surface area contributed by atoms with Crippen molar-refractivity contribution in [1.82, 2.24) is 14.7 Å². The van der Waals surface area contributed by atoms with Gasteiger partial charge in [-0.1, -0.05) is 24.3 Å². The van der Waals surface area contributed by atoms with Crippen LogP contribution in [0.25, 0.3) is 11.8 Å². The van der Waals surface area contributed by atoms with Crippen LogP contribution in [0.4, 0.5) is 0 Å². The third-order valence-electron chi connectivity index (χ3n) is 5.73. The average molecular weight is 415 g/mol. The molecule has 3 heterocycles. The van der Waals surface area contributed by atoms with E-state index in [0.717, 1.165) is 54.1 Å². The van der Waals surface area contributed by atoms with Gasteiger partial charge in [-0.05, 0) is 48.7 Å². The molecule has 0 radical (unpaired) electrons. The van der Waals surface area contributed by atoms with E-state index >= 15 is 0 Å². The number of rotatable bonds is 4. The lowest BCUT2D eigenvalue weighted by Crippen LogP contribution is -2.28. The molecule has 0 N–H and O–H groups in total. The number of likely N-dealkylation sites (tertiary alicyclic amines) is 1. The second kappa shape index (κ2) is 8.68. The molecule has 2 aliphatic rings. The SMILES string of the molecule is O=C(C=Cc1cnn(-c2ccccc2)c1)N1CCCC1c1ccc2c(c1)OCCCO2. The number of hydrogen-bond donors (Lipinski definition) is 0. The highest BCUT2D eigenvalue weighted by molar-refractivity contribution is 5.92. The van der Waals surface area contributed by atoms with Gasteiger partial charge in [0.1, 0.15) is 0 Å². The fraction of sp³-hybridized carbons (Fsp3) is 0.280. The number of carbonyl (C=O) groups is 1. The van der Waals surface area contributed by atoms with E-state index in [1.54, 1.807) is 17.0 Å². The van der Waals surface area contributed by atoms with Crippen molar-refractivity contribution in [2.75, 3.05) is 19.8 Å². The minimum Gasteiger partial charge on any atom is -0.490 e. The Balaban J connectivity index is 1.30. The number of hydrogen-bond acceptors (Lipinski definition) is 4. The maximum atomic E-state index is 13.0. The summed E-state index contributed by atoms with van der Waals surface area (Å²) in [7, 11) is 0. The van der Waals surface area contributed by atoms with E-state index in [-0.39, 0.29) is 11.9 Å². The summed E-state index contributed by atoms with van der Waals surface area (Å²) in [5, 5.41) is 4.39. The molecule has 3 aromatic rings. The number of nitrogens with zero attached hydrogens (tertiary/aromatic N) is 3. The monoisotopic (exact) mass is 415 g/mol. The molecule has 1 amide bonds. The summed E-state index contributed by atoms with van der Waals surface area (Å²) in [6.45, 7) is 2.08. The third kappa shape index (κ3) is 4.19. The van der Waals surface area contributed by atoms with Crippen molar-refractivity contribution >= 4 is 12.0 Å². The van der Waals surface area contributed by atoms with E-state index in [1.807, 2.05) is 59.6 Å². The molecule has 1 atom stereocenters. The molecule has 31 heavy (non-hydrogen) atoms. The van der Waals surface area contributed by atoms with Crippen molar-refractivity contribution in [3.05, 3.63) is 78.1 Å². The van der Waals surface area contributed by atoms with E-state index < -0.39 is 0 Å². The van der Waals surface area contributed by atoms with Crippen LogP contribution in [0.15, 0.2) is 67.0 Å². The van der Waals surface area contributed by atoms with Crippen molar-refractivity contribution in [3.8, 4) is 17.2 Å². The Hall–Kier alpha value is -3.54. The van der Waals surface area contributed by atoms with Crippen LogP contribution in [0.2, 0.25) is 0 Å². The minimum atomic E-state index is 0.0158. The van der Waals surface area contributed by atoms with E-state index in [0.29, 0.717) is 13.2 Å². The van der Waals surface area contributed by atoms with Gasteiger partial charge in [-0.3, -0.25) is 4.79 Å². The summed E-state index contributed by atoms with van der Waals surface area (Å²) < 4.78 is 13.4. The molecule has 6 nitrogen and oxygen atoms in total. The Bertz CT molecular complexity index is 1090. The molecule has 0 spiro atoms. The Labute approximate surface area is 181 Å². The highest BCUT2D eigenvalue weighted by Gasteiger charge is 2.29. The van der Waals surface area contributed by atoms with Gasteiger partial charge in [0.05, 0.1) is 31.1 Å². The normalized spacial score (nSPS) is 18.3. The lowest BCUT2D eigenvalue weighted by molar-refractivity contribution is -0.126. The van der Waals surface area contributed by atoms with Gasteiger partial charge >= 0.3 is 0 Å². The first kappa shape index (κ1) is 19.4. The summed E-state index contributed by atoms with van der Waals surface area (Å²) in [6.07, 6.45) is 9.98. The maximum absolute atomic E-state index is 13.0. The maximum Gasteiger partial charge on any atom is 0.247 e. The van der Waals surface area contributed by atoms with Gasteiger partial charge in [-0.25, -0.2) is 4.68 Å². The predicted octanol–water partition coefficient (Wildman–Crippen LogP) is 4.41. The van der Waals surface area contributed by atoms with E-state index in [2.05, 4.69) is 11.2 Å². The number of ether oxygens (including phenoxy) is 2. The van der Waals surface area contributed by atoms with Gasteiger partial charge in [0.25, 0.3) is 0 Å². The third-order valence-corrected chi connectivity index (χ3v) is 5.73. The van der Waals surface area contributed by atoms with Crippen LogP contribution in [-0.2, 0) is 4.79 Å². The van der Waals surface area contributed by atoms with Crippen LogP contribution < -0.4 is 9.47 Å². The molecule has 1 saturated heterocycles. The lowest BCUT2D eigenvalue weighted by Gasteiger charge is -2.24. The van der Waals surface area contributed by atoms with Gasteiger partial charge in [-0.2, -0.15) is 5.10 Å². The highest BCUT2D eigenvalue weighted by atomic mass is 16.5. The molecule has 5 rings (SSSR count). The quantitative estimate of drug-likeness (QED) is 0.593. The standard InChI is InChI=1S/C25H25N3O3/c29-25(12-9-19-17-26-28(18-19)21-6-2-1-3-7-21)27-13-4-8-22(27)20-10-11-23-24(16-20)31-15-5-14-30-23/h1-3,6-7,9-12,16-18,22H,4-5,8,13-15H2. The Kier molecular flexibility index (Phi) is 5.44. The molecule has 1 fully saturated rings. The molecule has 0 bridgehead atoms. The van der Waals surface area contributed by atoms with Crippen LogP contribution in [0.3, 0.4) is 0 Å².